The summed E-state index contributed by atoms with van der Waals surface area (Å²) in [6, 6.07) is 142. The highest BCUT2D eigenvalue weighted by molar-refractivity contribution is 6.15. The van der Waals surface area contributed by atoms with Gasteiger partial charge in [-0.2, -0.15) is 10.5 Å². The van der Waals surface area contributed by atoms with Crippen LogP contribution in [0.3, 0.4) is 0 Å². The Balaban J connectivity index is 0.579. The van der Waals surface area contributed by atoms with Gasteiger partial charge in [0.05, 0.1) is 90.2 Å². The lowest BCUT2D eigenvalue weighted by Crippen LogP contribution is -2.04. The van der Waals surface area contributed by atoms with Crippen LogP contribution in [0.15, 0.2) is 388 Å². The molecule has 0 bridgehead atoms. The number of rotatable bonds is 13. The summed E-state index contributed by atoms with van der Waals surface area (Å²) in [4.78, 5) is 21.1. The van der Waals surface area contributed by atoms with Crippen molar-refractivity contribution in [2.24, 2.45) is 0 Å². The van der Waals surface area contributed by atoms with Gasteiger partial charge in [-0.05, 0) is 207 Å². The Labute approximate surface area is 667 Å². The predicted octanol–water partition coefficient (Wildman–Crippen LogP) is 26.4. The van der Waals surface area contributed by atoms with E-state index in [0.29, 0.717) is 23.0 Å². The van der Waals surface area contributed by atoms with Crippen LogP contribution in [0, 0.1) is 22.7 Å². The molecule has 6 aromatic heterocycles. The number of para-hydroxylation sites is 4. The minimum absolute atomic E-state index is 0.569. The molecule has 0 saturated carbocycles. The minimum atomic E-state index is 0.569. The molecule has 0 aliphatic carbocycles. The van der Waals surface area contributed by atoms with Crippen molar-refractivity contribution in [3.05, 3.63) is 399 Å². The Hall–Kier alpha value is -16.1. The summed E-state index contributed by atoms with van der Waals surface area (Å²) in [5.74, 6) is 1.14. The standard InChI is InChI=1S/C106H64N10/c107-65-67-32-36-74(37-33-67)95-63-93(72-20-6-2-7-21-72)109-105(111-95)115-99-30-16-12-26-87(99)91-61-78(46-54-103(91)115)76-44-52-101-89(59-76)85-24-10-14-28-97(85)113(101)83-48-40-70(41-49-83)81-56-80(69-18-4-1-5-19-69)57-82(58-81)71-42-50-84(51-43-71)114-98-29-15-11-25-86(98)90-60-77(45-53-102(90)114)79-47-55-104-92(62-79)88-27-13-17-31-100(88)116(104)106-110-94(73-22-8-3-9-23-73)64-96(112-106)75-38-34-68(66-108)35-39-75/h1-64H. The lowest BCUT2D eigenvalue weighted by Gasteiger charge is -2.14. The summed E-state index contributed by atoms with van der Waals surface area (Å²) in [6.07, 6.45) is 0. The Kier molecular flexibility index (Phi) is 15.8. The molecular weight excluding hydrogens is 1410 g/mol. The molecule has 0 radical (unpaired) electrons. The van der Waals surface area contributed by atoms with Gasteiger partial charge in [0.15, 0.2) is 0 Å². The summed E-state index contributed by atoms with van der Waals surface area (Å²) in [6.45, 7) is 0. The maximum atomic E-state index is 9.63. The highest BCUT2D eigenvalue weighted by Crippen LogP contribution is 2.44. The van der Waals surface area contributed by atoms with E-state index in [4.69, 9.17) is 19.9 Å². The molecule has 22 aromatic rings. The number of fused-ring (bicyclic) bond motifs is 12. The van der Waals surface area contributed by atoms with Crippen LogP contribution in [-0.2, 0) is 0 Å². The molecule has 22 rings (SSSR count). The van der Waals surface area contributed by atoms with Crippen molar-refractivity contribution in [2.45, 2.75) is 0 Å². The van der Waals surface area contributed by atoms with E-state index in [1.165, 1.54) is 21.5 Å². The molecule has 10 nitrogen and oxygen atoms in total. The lowest BCUT2D eigenvalue weighted by molar-refractivity contribution is 0.995. The zero-order valence-electron chi connectivity index (χ0n) is 62.4. The monoisotopic (exact) mass is 1480 g/mol. The van der Waals surface area contributed by atoms with Crippen molar-refractivity contribution in [1.29, 1.82) is 10.5 Å². The van der Waals surface area contributed by atoms with Gasteiger partial charge in [0.1, 0.15) is 0 Å². The fraction of sp³-hybridized carbons (Fsp3) is 0. The van der Waals surface area contributed by atoms with Crippen LogP contribution >= 0.6 is 0 Å². The Morgan fingerprint density at radius 3 is 0.716 bits per heavy atom. The summed E-state index contributed by atoms with van der Waals surface area (Å²) >= 11 is 0. The second-order valence-electron chi connectivity index (χ2n) is 29.6. The summed E-state index contributed by atoms with van der Waals surface area (Å²) in [5, 5.41) is 28.4. The molecule has 10 heteroatoms. The van der Waals surface area contributed by atoms with E-state index in [2.05, 4.69) is 322 Å². The van der Waals surface area contributed by atoms with Gasteiger partial charge in [0.25, 0.3) is 0 Å². The zero-order chi connectivity index (χ0) is 76.9. The van der Waals surface area contributed by atoms with Crippen molar-refractivity contribution < 1.29 is 0 Å². The van der Waals surface area contributed by atoms with Gasteiger partial charge >= 0.3 is 0 Å². The third-order valence-corrected chi connectivity index (χ3v) is 22.9. The van der Waals surface area contributed by atoms with Crippen molar-refractivity contribution in [1.82, 2.24) is 38.2 Å². The van der Waals surface area contributed by atoms with E-state index in [1.807, 2.05) is 97.1 Å². The predicted molar refractivity (Wildman–Crippen MR) is 473 cm³/mol. The molecule has 0 atom stereocenters. The second-order valence-corrected chi connectivity index (χ2v) is 29.6. The SMILES string of the molecule is N#Cc1ccc(-c2cc(-c3ccccc3)nc(-n3c4ccccc4c4cc(-c5ccc6c(c5)c5ccccc5n6-c5ccc(-c6cc(-c7ccccc7)cc(-c7ccc(-n8c9ccccc9c9cc(-c%10ccc%11c(c%10)c%10ccccc%10n%11-c%10nc(-c%11ccccc%11)cc(-c%11ccc(C#N)cc%11)n%10)ccc98)cc7)c6)cc5)ccc43)n2)cc1. The molecule has 0 fully saturated rings. The number of nitrogens with zero attached hydrogens (tertiary/aromatic N) is 10. The van der Waals surface area contributed by atoms with Crippen molar-refractivity contribution in [3.8, 4) is 136 Å². The summed E-state index contributed by atoms with van der Waals surface area (Å²) in [7, 11) is 0. The molecule has 16 aromatic carbocycles. The summed E-state index contributed by atoms with van der Waals surface area (Å²) in [5.41, 5.74) is 30.1. The van der Waals surface area contributed by atoms with Gasteiger partial charge < -0.3 is 9.13 Å². The van der Waals surface area contributed by atoms with E-state index in [-0.39, 0.29) is 0 Å². The molecule has 0 unspecified atom stereocenters. The van der Waals surface area contributed by atoms with Gasteiger partial charge in [-0.1, -0.05) is 237 Å². The third-order valence-electron chi connectivity index (χ3n) is 22.9. The van der Waals surface area contributed by atoms with Crippen LogP contribution in [0.4, 0.5) is 0 Å². The fourth-order valence-electron chi connectivity index (χ4n) is 17.3. The van der Waals surface area contributed by atoms with Crippen LogP contribution in [-0.4, -0.2) is 38.2 Å². The first-order valence-corrected chi connectivity index (χ1v) is 38.8. The number of hydrogen-bond donors (Lipinski definition) is 0. The van der Waals surface area contributed by atoms with E-state index >= 15 is 0 Å². The Morgan fingerprint density at radius 2 is 0.405 bits per heavy atom. The lowest BCUT2D eigenvalue weighted by atomic mass is 9.93. The molecule has 116 heavy (non-hydrogen) atoms. The van der Waals surface area contributed by atoms with E-state index in [9.17, 15) is 10.5 Å². The highest BCUT2D eigenvalue weighted by atomic mass is 15.2. The van der Waals surface area contributed by atoms with E-state index in [1.54, 1.807) is 0 Å². The first kappa shape index (κ1) is 66.8. The normalized spacial score (nSPS) is 11.6. The molecule has 0 aliphatic rings. The van der Waals surface area contributed by atoms with E-state index < -0.39 is 0 Å². The van der Waals surface area contributed by atoms with Crippen molar-refractivity contribution >= 4 is 87.2 Å². The van der Waals surface area contributed by atoms with Crippen LogP contribution in [0.5, 0.6) is 0 Å². The molecule has 0 N–H and O–H groups in total. The van der Waals surface area contributed by atoms with Gasteiger partial charge in [-0.25, -0.2) is 19.9 Å². The molecule has 6 heterocycles. The number of benzene rings is 16. The van der Waals surface area contributed by atoms with Crippen LogP contribution in [0.2, 0.25) is 0 Å². The zero-order valence-corrected chi connectivity index (χ0v) is 62.4. The van der Waals surface area contributed by atoms with E-state index in [0.717, 1.165) is 178 Å². The molecule has 0 aliphatic heterocycles. The summed E-state index contributed by atoms with van der Waals surface area (Å²) < 4.78 is 9.16. The number of hydrogen-bond acceptors (Lipinski definition) is 6. The largest absolute Gasteiger partial charge is 0.309 e. The van der Waals surface area contributed by atoms with Crippen LogP contribution < -0.4 is 0 Å². The van der Waals surface area contributed by atoms with Crippen LogP contribution in [0.25, 0.3) is 211 Å². The van der Waals surface area contributed by atoms with Crippen molar-refractivity contribution in [2.75, 3.05) is 0 Å². The molecule has 0 saturated heterocycles. The Bertz CT molecular complexity index is 7350. The van der Waals surface area contributed by atoms with Crippen molar-refractivity contribution in [3.63, 3.8) is 0 Å². The Morgan fingerprint density at radius 1 is 0.172 bits per heavy atom. The quantitative estimate of drug-likeness (QED) is 0.113. The highest BCUT2D eigenvalue weighted by Gasteiger charge is 2.24. The minimum Gasteiger partial charge on any atom is -0.309 e. The fourth-order valence-corrected chi connectivity index (χ4v) is 17.3. The van der Waals surface area contributed by atoms with Gasteiger partial charge in [0.2, 0.25) is 11.9 Å². The molecule has 0 spiro atoms. The number of nitriles is 2. The molecule has 538 valence electrons. The van der Waals surface area contributed by atoms with Gasteiger partial charge in [-0.3, -0.25) is 9.13 Å². The van der Waals surface area contributed by atoms with Gasteiger partial charge in [0, 0.05) is 76.7 Å². The average Bonchev–Trinajstić information content (AvgIpc) is 1.59. The second kappa shape index (κ2) is 27.4. The maximum absolute atomic E-state index is 9.63. The smallest absolute Gasteiger partial charge is 0.235 e. The van der Waals surface area contributed by atoms with Crippen LogP contribution in [0.1, 0.15) is 11.1 Å². The maximum Gasteiger partial charge on any atom is 0.235 e. The molecule has 0 amide bonds. The topological polar surface area (TPSA) is 119 Å². The van der Waals surface area contributed by atoms with Gasteiger partial charge in [-0.15, -0.1) is 0 Å². The first-order chi connectivity index (χ1) is 57.4. The average molecular weight is 1480 g/mol. The third kappa shape index (κ3) is 11.4. The first-order valence-electron chi connectivity index (χ1n) is 38.8. The number of aromatic nitrogens is 8. The molecular formula is C106H64N10.